The van der Waals surface area contributed by atoms with E-state index in [2.05, 4.69) is 0 Å². The van der Waals surface area contributed by atoms with Crippen molar-refractivity contribution in [2.75, 3.05) is 0 Å². The zero-order valence-electron chi connectivity index (χ0n) is 14.6. The molecule has 2 aromatic rings. The van der Waals surface area contributed by atoms with Crippen molar-refractivity contribution in [3.05, 3.63) is 60.2 Å². The van der Waals surface area contributed by atoms with Gasteiger partial charge in [0.15, 0.2) is 0 Å². The standard InChI is InChI=1S/C20H24O4/c1-14(2)22-20(23-15(3)4)19(21)16-10-12-18(13-11-16)24-17-8-6-5-7-9-17/h5-15,20H,1-4H3. The fraction of sp³-hybridized carbons (Fsp3) is 0.350. The molecule has 0 aliphatic heterocycles. The topological polar surface area (TPSA) is 44.8 Å². The number of para-hydroxylation sites is 1. The van der Waals surface area contributed by atoms with Crippen LogP contribution in [0.2, 0.25) is 0 Å². The number of benzene rings is 2. The molecule has 0 bridgehead atoms. The van der Waals surface area contributed by atoms with Crippen molar-refractivity contribution in [3.63, 3.8) is 0 Å². The molecule has 0 aliphatic rings. The molecule has 0 fully saturated rings. The first-order valence-corrected chi connectivity index (χ1v) is 8.14. The van der Waals surface area contributed by atoms with Gasteiger partial charge in [-0.1, -0.05) is 18.2 Å². The molecule has 0 saturated heterocycles. The van der Waals surface area contributed by atoms with Gasteiger partial charge in [-0.05, 0) is 64.1 Å². The van der Waals surface area contributed by atoms with Crippen molar-refractivity contribution in [3.8, 4) is 11.5 Å². The summed E-state index contributed by atoms with van der Waals surface area (Å²) in [6.07, 6.45) is -1.09. The van der Waals surface area contributed by atoms with Gasteiger partial charge in [-0.25, -0.2) is 0 Å². The van der Waals surface area contributed by atoms with Crippen LogP contribution >= 0.6 is 0 Å². The summed E-state index contributed by atoms with van der Waals surface area (Å²) in [6.45, 7) is 7.50. The van der Waals surface area contributed by atoms with E-state index in [0.29, 0.717) is 11.3 Å². The van der Waals surface area contributed by atoms with E-state index in [0.717, 1.165) is 5.75 Å². The minimum atomic E-state index is -0.897. The molecule has 0 atom stereocenters. The van der Waals surface area contributed by atoms with Crippen molar-refractivity contribution in [2.45, 2.75) is 46.2 Å². The van der Waals surface area contributed by atoms with Gasteiger partial charge >= 0.3 is 0 Å². The smallest absolute Gasteiger partial charge is 0.223 e. The number of hydrogen-bond donors (Lipinski definition) is 0. The van der Waals surface area contributed by atoms with Crippen molar-refractivity contribution >= 4 is 5.78 Å². The summed E-state index contributed by atoms with van der Waals surface area (Å²) in [5, 5.41) is 0. The van der Waals surface area contributed by atoms with Gasteiger partial charge in [-0.15, -0.1) is 0 Å². The number of ketones is 1. The van der Waals surface area contributed by atoms with Gasteiger partial charge in [-0.2, -0.15) is 0 Å². The van der Waals surface area contributed by atoms with Crippen molar-refractivity contribution in [1.82, 2.24) is 0 Å². The maximum Gasteiger partial charge on any atom is 0.223 e. The number of rotatable bonds is 8. The minimum absolute atomic E-state index is 0.0987. The molecular formula is C20H24O4. The van der Waals surface area contributed by atoms with Crippen LogP contribution in [0.15, 0.2) is 54.6 Å². The molecule has 0 spiro atoms. The summed E-state index contributed by atoms with van der Waals surface area (Å²) in [5.74, 6) is 1.23. The Labute approximate surface area is 143 Å². The monoisotopic (exact) mass is 328 g/mol. The summed E-state index contributed by atoms with van der Waals surface area (Å²) in [7, 11) is 0. The number of Topliss-reactive ketones (excluding diaryl/α,β-unsaturated/α-hetero) is 1. The second-order valence-corrected chi connectivity index (χ2v) is 6.01. The van der Waals surface area contributed by atoms with Crippen LogP contribution in [-0.2, 0) is 9.47 Å². The lowest BCUT2D eigenvalue weighted by Gasteiger charge is -2.22. The fourth-order valence-electron chi connectivity index (χ4n) is 2.10. The van der Waals surface area contributed by atoms with Gasteiger partial charge in [0.2, 0.25) is 12.1 Å². The van der Waals surface area contributed by atoms with E-state index in [9.17, 15) is 4.79 Å². The average molecular weight is 328 g/mol. The third-order valence-corrected chi connectivity index (χ3v) is 3.12. The Morgan fingerprint density at radius 3 is 1.75 bits per heavy atom. The summed E-state index contributed by atoms with van der Waals surface area (Å²) in [5.41, 5.74) is 0.529. The first-order valence-electron chi connectivity index (χ1n) is 8.14. The molecular weight excluding hydrogens is 304 g/mol. The second kappa shape index (κ2) is 8.62. The van der Waals surface area contributed by atoms with Crippen LogP contribution in [0.25, 0.3) is 0 Å². The van der Waals surface area contributed by atoms with Gasteiger partial charge in [0.1, 0.15) is 11.5 Å². The third kappa shape index (κ3) is 5.48. The predicted octanol–water partition coefficient (Wildman–Crippen LogP) is 4.84. The molecule has 4 heteroatoms. The highest BCUT2D eigenvalue weighted by molar-refractivity contribution is 5.98. The van der Waals surface area contributed by atoms with E-state index >= 15 is 0 Å². The van der Waals surface area contributed by atoms with E-state index < -0.39 is 6.29 Å². The summed E-state index contributed by atoms with van der Waals surface area (Å²) >= 11 is 0. The normalized spacial score (nSPS) is 11.3. The van der Waals surface area contributed by atoms with Crippen molar-refractivity contribution in [2.24, 2.45) is 0 Å². The summed E-state index contributed by atoms with van der Waals surface area (Å²) in [4.78, 5) is 12.6. The fourth-order valence-corrected chi connectivity index (χ4v) is 2.10. The van der Waals surface area contributed by atoms with Crippen LogP contribution in [-0.4, -0.2) is 24.3 Å². The van der Waals surface area contributed by atoms with Crippen molar-refractivity contribution in [1.29, 1.82) is 0 Å². The highest BCUT2D eigenvalue weighted by Gasteiger charge is 2.24. The van der Waals surface area contributed by atoms with Crippen LogP contribution in [0.4, 0.5) is 0 Å². The van der Waals surface area contributed by atoms with Crippen LogP contribution in [0, 0.1) is 0 Å². The first-order chi connectivity index (χ1) is 11.5. The predicted molar refractivity (Wildman–Crippen MR) is 93.5 cm³/mol. The van der Waals surface area contributed by atoms with Gasteiger partial charge in [0.25, 0.3) is 0 Å². The lowest BCUT2D eigenvalue weighted by Crippen LogP contribution is -2.32. The zero-order valence-corrected chi connectivity index (χ0v) is 14.6. The molecule has 0 N–H and O–H groups in total. The van der Waals surface area contributed by atoms with Crippen LogP contribution < -0.4 is 4.74 Å². The average Bonchev–Trinajstić information content (AvgIpc) is 2.54. The number of carbonyl (C=O) groups excluding carboxylic acids is 1. The van der Waals surface area contributed by atoms with E-state index in [1.54, 1.807) is 24.3 Å². The quantitative estimate of drug-likeness (QED) is 0.514. The third-order valence-electron chi connectivity index (χ3n) is 3.12. The molecule has 0 unspecified atom stereocenters. The Morgan fingerprint density at radius 2 is 1.25 bits per heavy atom. The molecule has 0 saturated carbocycles. The first kappa shape index (κ1) is 18.2. The van der Waals surface area contributed by atoms with Crippen molar-refractivity contribution < 1.29 is 19.0 Å². The van der Waals surface area contributed by atoms with Gasteiger partial charge < -0.3 is 14.2 Å². The Morgan fingerprint density at radius 1 is 0.750 bits per heavy atom. The SMILES string of the molecule is CC(C)OC(OC(C)C)C(=O)c1ccc(Oc2ccccc2)cc1. The molecule has 0 aliphatic carbocycles. The number of ether oxygens (including phenoxy) is 3. The van der Waals surface area contributed by atoms with E-state index in [4.69, 9.17) is 14.2 Å². The van der Waals surface area contributed by atoms with Crippen LogP contribution in [0.5, 0.6) is 11.5 Å². The molecule has 0 radical (unpaired) electrons. The maximum atomic E-state index is 12.6. The number of hydrogen-bond acceptors (Lipinski definition) is 4. The molecule has 2 aromatic carbocycles. The second-order valence-electron chi connectivity index (χ2n) is 6.01. The van der Waals surface area contributed by atoms with Crippen LogP contribution in [0.3, 0.4) is 0 Å². The van der Waals surface area contributed by atoms with Gasteiger partial charge in [0, 0.05) is 5.56 Å². The Balaban J connectivity index is 2.08. The van der Waals surface area contributed by atoms with E-state index in [1.807, 2.05) is 58.0 Å². The zero-order chi connectivity index (χ0) is 17.5. The largest absolute Gasteiger partial charge is 0.457 e. The van der Waals surface area contributed by atoms with Gasteiger partial charge in [-0.3, -0.25) is 4.79 Å². The lowest BCUT2D eigenvalue weighted by molar-refractivity contribution is -0.152. The highest BCUT2D eigenvalue weighted by Crippen LogP contribution is 2.22. The maximum absolute atomic E-state index is 12.6. The molecule has 0 aromatic heterocycles. The van der Waals surface area contributed by atoms with E-state index in [-0.39, 0.29) is 18.0 Å². The summed E-state index contributed by atoms with van der Waals surface area (Å²) < 4.78 is 16.9. The molecule has 2 rings (SSSR count). The van der Waals surface area contributed by atoms with Crippen LogP contribution in [0.1, 0.15) is 38.1 Å². The molecule has 0 heterocycles. The minimum Gasteiger partial charge on any atom is -0.457 e. The van der Waals surface area contributed by atoms with E-state index in [1.165, 1.54) is 0 Å². The highest BCUT2D eigenvalue weighted by atomic mass is 16.7. The lowest BCUT2D eigenvalue weighted by atomic mass is 10.1. The summed E-state index contributed by atoms with van der Waals surface area (Å²) in [6, 6.07) is 16.5. The molecule has 4 nitrogen and oxygen atoms in total. The Kier molecular flexibility index (Phi) is 6.53. The molecule has 128 valence electrons. The molecule has 24 heavy (non-hydrogen) atoms. The van der Waals surface area contributed by atoms with Gasteiger partial charge in [0.05, 0.1) is 12.2 Å². The number of carbonyl (C=O) groups is 1. The Hall–Kier alpha value is -2.17. The molecule has 0 amide bonds. The Bertz CT molecular complexity index is 622.